The molecule has 0 fully saturated rings. The van der Waals surface area contributed by atoms with Crippen LogP contribution >= 0.6 is 0 Å². The Hall–Kier alpha value is -3.05. The van der Waals surface area contributed by atoms with Crippen LogP contribution in [0.1, 0.15) is 25.1 Å². The molecule has 2 heterocycles. The Morgan fingerprint density at radius 2 is 2.15 bits per heavy atom. The number of anilines is 1. The lowest BCUT2D eigenvalue weighted by atomic mass is 10.2. The first-order valence-corrected chi connectivity index (χ1v) is 8.17. The maximum atomic E-state index is 12.1. The third kappa shape index (κ3) is 6.99. The molecular weight excluding hydrogens is 367 g/mol. The highest BCUT2D eigenvalue weighted by Gasteiger charge is 2.26. The second kappa shape index (κ2) is 9.05. The van der Waals surface area contributed by atoms with Gasteiger partial charge in [-0.15, -0.1) is 0 Å². The molecule has 27 heavy (non-hydrogen) atoms. The number of aryl methyl sites for hydroxylation is 1. The number of imidazole rings is 1. The van der Waals surface area contributed by atoms with Crippen LogP contribution in [0.4, 0.5) is 19.0 Å². The van der Waals surface area contributed by atoms with Gasteiger partial charge in [0.2, 0.25) is 5.88 Å². The average molecular weight is 387 g/mol. The zero-order chi connectivity index (χ0) is 19.9. The molecule has 2 rings (SSSR count). The van der Waals surface area contributed by atoms with Crippen molar-refractivity contribution in [2.45, 2.75) is 38.4 Å². The van der Waals surface area contributed by atoms with E-state index >= 15 is 0 Å². The SMILES string of the molecule is NC(=NCC(F)(F)F)Nc1ccnc(CCCCCn2c(O)c[nH]c2=O)n1. The van der Waals surface area contributed by atoms with Crippen LogP contribution in [-0.4, -0.2) is 43.3 Å². The highest BCUT2D eigenvalue weighted by Crippen LogP contribution is 2.14. The number of unbranched alkanes of at least 4 members (excludes halogenated alkanes) is 2. The van der Waals surface area contributed by atoms with Gasteiger partial charge in [-0.2, -0.15) is 13.2 Å². The maximum absolute atomic E-state index is 12.1. The third-order valence-electron chi connectivity index (χ3n) is 3.52. The topological polar surface area (TPSA) is 134 Å². The Balaban J connectivity index is 1.77. The molecule has 0 aliphatic heterocycles. The number of nitrogens with one attached hydrogen (secondary N) is 2. The van der Waals surface area contributed by atoms with Gasteiger partial charge in [0.1, 0.15) is 18.2 Å². The van der Waals surface area contributed by atoms with Crippen molar-refractivity contribution in [1.82, 2.24) is 19.5 Å². The van der Waals surface area contributed by atoms with Crippen molar-refractivity contribution in [2.75, 3.05) is 11.9 Å². The Morgan fingerprint density at radius 3 is 2.81 bits per heavy atom. The summed E-state index contributed by atoms with van der Waals surface area (Å²) in [6, 6.07) is 1.47. The lowest BCUT2D eigenvalue weighted by Gasteiger charge is -2.07. The predicted octanol–water partition coefficient (Wildman–Crippen LogP) is 1.37. The molecule has 0 spiro atoms. The van der Waals surface area contributed by atoms with E-state index in [4.69, 9.17) is 5.73 Å². The molecule has 5 N–H and O–H groups in total. The first kappa shape index (κ1) is 20.3. The largest absolute Gasteiger partial charge is 0.493 e. The van der Waals surface area contributed by atoms with Crippen LogP contribution in [0.2, 0.25) is 0 Å². The predicted molar refractivity (Wildman–Crippen MR) is 92.5 cm³/mol. The van der Waals surface area contributed by atoms with E-state index < -0.39 is 12.7 Å². The van der Waals surface area contributed by atoms with E-state index in [1.54, 1.807) is 0 Å². The quantitative estimate of drug-likeness (QED) is 0.307. The standard InChI is InChI=1S/C15H20F3N7O2/c16-15(17,18)9-22-13(19)24-11-5-6-20-10(23-11)4-2-1-3-7-25-12(26)8-21-14(25)27/h5-6,8,26H,1-4,7,9H2,(H,21,27)(H3,19,20,22,23,24). The van der Waals surface area contributed by atoms with Crippen LogP contribution in [0.3, 0.4) is 0 Å². The zero-order valence-corrected chi connectivity index (χ0v) is 14.3. The number of nitrogens with zero attached hydrogens (tertiary/aromatic N) is 4. The fourth-order valence-corrected chi connectivity index (χ4v) is 2.27. The summed E-state index contributed by atoms with van der Waals surface area (Å²) in [5, 5.41) is 12.0. The van der Waals surface area contributed by atoms with Gasteiger partial charge in [-0.05, 0) is 18.9 Å². The second-order valence-corrected chi connectivity index (χ2v) is 5.71. The minimum absolute atomic E-state index is 0.105. The third-order valence-corrected chi connectivity index (χ3v) is 3.52. The molecule has 0 saturated carbocycles. The summed E-state index contributed by atoms with van der Waals surface area (Å²) in [5.74, 6) is 0.276. The molecule has 9 nitrogen and oxygen atoms in total. The van der Waals surface area contributed by atoms with Gasteiger partial charge >= 0.3 is 11.9 Å². The first-order chi connectivity index (χ1) is 12.7. The van der Waals surface area contributed by atoms with Crippen LogP contribution < -0.4 is 16.7 Å². The smallest absolute Gasteiger partial charge is 0.408 e. The number of nitrogens with two attached hydrogens (primary N) is 1. The second-order valence-electron chi connectivity index (χ2n) is 5.71. The van der Waals surface area contributed by atoms with Crippen LogP contribution in [0.5, 0.6) is 5.88 Å². The molecule has 0 bridgehead atoms. The van der Waals surface area contributed by atoms with Gasteiger partial charge in [0, 0.05) is 19.2 Å². The van der Waals surface area contributed by atoms with E-state index in [9.17, 15) is 23.1 Å². The molecule has 148 valence electrons. The number of halogens is 3. The van der Waals surface area contributed by atoms with E-state index in [2.05, 4.69) is 25.3 Å². The molecule has 2 aromatic heterocycles. The van der Waals surface area contributed by atoms with Crippen molar-refractivity contribution in [3.05, 3.63) is 34.8 Å². The number of aliphatic imine (C=N–C) groups is 1. The number of guanidine groups is 1. The molecule has 0 atom stereocenters. The van der Waals surface area contributed by atoms with Gasteiger partial charge in [0.05, 0.1) is 6.20 Å². The normalized spacial score (nSPS) is 12.3. The van der Waals surface area contributed by atoms with E-state index in [1.165, 1.54) is 23.0 Å². The molecule has 0 aliphatic rings. The lowest BCUT2D eigenvalue weighted by Crippen LogP contribution is -2.26. The van der Waals surface area contributed by atoms with E-state index in [-0.39, 0.29) is 23.3 Å². The van der Waals surface area contributed by atoms with Gasteiger partial charge in [-0.3, -0.25) is 4.57 Å². The highest BCUT2D eigenvalue weighted by molar-refractivity contribution is 5.91. The van der Waals surface area contributed by atoms with Gasteiger partial charge in [0.15, 0.2) is 5.96 Å². The first-order valence-electron chi connectivity index (χ1n) is 8.17. The summed E-state index contributed by atoms with van der Waals surface area (Å²) in [6.45, 7) is -0.980. The summed E-state index contributed by atoms with van der Waals surface area (Å²) in [4.78, 5) is 25.2. The molecule has 2 aromatic rings. The fraction of sp³-hybridized carbons (Fsp3) is 0.467. The number of aromatic amines is 1. The maximum Gasteiger partial charge on any atom is 0.408 e. The molecule has 0 aromatic carbocycles. The van der Waals surface area contributed by atoms with E-state index in [1.807, 2.05) is 0 Å². The van der Waals surface area contributed by atoms with Crippen molar-refractivity contribution < 1.29 is 18.3 Å². The average Bonchev–Trinajstić information content (AvgIpc) is 2.91. The summed E-state index contributed by atoms with van der Waals surface area (Å²) >= 11 is 0. The summed E-state index contributed by atoms with van der Waals surface area (Å²) in [6.07, 6.45) is 1.01. The van der Waals surface area contributed by atoms with Crippen LogP contribution in [-0.2, 0) is 13.0 Å². The number of rotatable bonds is 8. The lowest BCUT2D eigenvalue weighted by molar-refractivity contribution is -0.118. The minimum Gasteiger partial charge on any atom is -0.493 e. The van der Waals surface area contributed by atoms with Crippen molar-refractivity contribution >= 4 is 11.8 Å². The van der Waals surface area contributed by atoms with Crippen molar-refractivity contribution in [2.24, 2.45) is 10.7 Å². The Morgan fingerprint density at radius 1 is 1.37 bits per heavy atom. The number of hydrogen-bond acceptors (Lipinski definition) is 5. The molecular formula is C15H20F3N7O2. The fourth-order valence-electron chi connectivity index (χ4n) is 2.27. The van der Waals surface area contributed by atoms with Gasteiger partial charge in [0.25, 0.3) is 0 Å². The van der Waals surface area contributed by atoms with Crippen molar-refractivity contribution in [1.29, 1.82) is 0 Å². The van der Waals surface area contributed by atoms with Crippen molar-refractivity contribution in [3.8, 4) is 5.88 Å². The van der Waals surface area contributed by atoms with Crippen LogP contribution in [0, 0.1) is 0 Å². The van der Waals surface area contributed by atoms with E-state index in [0.717, 1.165) is 12.8 Å². The van der Waals surface area contributed by atoms with Crippen LogP contribution in [0.15, 0.2) is 28.2 Å². The van der Waals surface area contributed by atoms with Gasteiger partial charge in [-0.1, -0.05) is 6.42 Å². The Kier molecular flexibility index (Phi) is 6.79. The molecule has 0 amide bonds. The highest BCUT2D eigenvalue weighted by atomic mass is 19.4. The molecule has 0 aliphatic carbocycles. The molecule has 0 unspecified atom stereocenters. The summed E-state index contributed by atoms with van der Waals surface area (Å²) in [7, 11) is 0. The van der Waals surface area contributed by atoms with Gasteiger partial charge < -0.3 is 21.1 Å². The zero-order valence-electron chi connectivity index (χ0n) is 14.3. The Labute approximate surface area is 152 Å². The number of alkyl halides is 3. The molecule has 0 radical (unpaired) electrons. The Bertz CT molecular complexity index is 829. The minimum atomic E-state index is -4.43. The van der Waals surface area contributed by atoms with Crippen LogP contribution in [0.25, 0.3) is 0 Å². The number of H-pyrrole nitrogens is 1. The summed E-state index contributed by atoms with van der Waals surface area (Å²) in [5.41, 5.74) is 5.04. The number of aromatic nitrogens is 4. The molecule has 12 heteroatoms. The number of hydrogen-bond donors (Lipinski definition) is 4. The summed E-state index contributed by atoms with van der Waals surface area (Å²) < 4.78 is 37.6. The van der Waals surface area contributed by atoms with Gasteiger partial charge in [-0.25, -0.2) is 19.8 Å². The van der Waals surface area contributed by atoms with E-state index in [0.29, 0.717) is 25.2 Å². The number of aromatic hydroxyl groups is 1. The monoisotopic (exact) mass is 387 g/mol. The van der Waals surface area contributed by atoms with Crippen molar-refractivity contribution in [3.63, 3.8) is 0 Å². The molecule has 0 saturated heterocycles.